The van der Waals surface area contributed by atoms with Crippen molar-refractivity contribution in [3.05, 3.63) is 54.4 Å². The number of fused-ring (bicyclic) bond motifs is 1. The van der Waals surface area contributed by atoms with Crippen LogP contribution in [0.1, 0.15) is 18.7 Å². The minimum absolute atomic E-state index is 0.0374. The fourth-order valence-corrected chi connectivity index (χ4v) is 4.64. The number of hydrogen-bond acceptors (Lipinski definition) is 9. The molecule has 38 heavy (non-hydrogen) atoms. The Bertz CT molecular complexity index is 1340. The highest BCUT2D eigenvalue weighted by Crippen LogP contribution is 2.40. The third-order valence-corrected chi connectivity index (χ3v) is 6.65. The number of aromatic nitrogens is 4. The number of benzene rings is 2. The van der Waals surface area contributed by atoms with Gasteiger partial charge in [0.05, 0.1) is 38.9 Å². The maximum absolute atomic E-state index is 12.7. The van der Waals surface area contributed by atoms with E-state index in [1.54, 1.807) is 33.5 Å². The van der Waals surface area contributed by atoms with E-state index < -0.39 is 0 Å². The predicted octanol–water partition coefficient (Wildman–Crippen LogP) is 3.66. The Balaban J connectivity index is 1.14. The number of imidazole rings is 1. The van der Waals surface area contributed by atoms with Crippen LogP contribution in [0.5, 0.6) is 17.2 Å². The summed E-state index contributed by atoms with van der Waals surface area (Å²) in [6.07, 6.45) is 1.50. The Morgan fingerprint density at radius 1 is 1.00 bits per heavy atom. The van der Waals surface area contributed by atoms with Crippen LogP contribution in [0.25, 0.3) is 11.0 Å². The molecule has 11 heteroatoms. The summed E-state index contributed by atoms with van der Waals surface area (Å²) in [5, 5.41) is 15.0. The summed E-state index contributed by atoms with van der Waals surface area (Å²) in [5.41, 5.74) is 2.60. The molecule has 1 aliphatic heterocycles. The zero-order valence-electron chi connectivity index (χ0n) is 21.7. The zero-order valence-corrected chi connectivity index (χ0v) is 21.7. The van der Waals surface area contributed by atoms with Crippen molar-refractivity contribution in [2.45, 2.75) is 19.4 Å². The molecule has 0 unspecified atom stereocenters. The molecular formula is C27H31N7O4. The van der Waals surface area contributed by atoms with Gasteiger partial charge in [-0.2, -0.15) is 0 Å². The topological polar surface area (TPSA) is 127 Å². The predicted molar refractivity (Wildman–Crippen MR) is 144 cm³/mol. The van der Waals surface area contributed by atoms with Crippen LogP contribution in [0.15, 0.2) is 48.5 Å². The first-order chi connectivity index (χ1) is 18.6. The van der Waals surface area contributed by atoms with Crippen LogP contribution >= 0.6 is 0 Å². The van der Waals surface area contributed by atoms with Gasteiger partial charge in [-0.15, -0.1) is 10.2 Å². The molecule has 3 N–H and O–H groups in total. The summed E-state index contributed by atoms with van der Waals surface area (Å²) in [7, 11) is 4.71. The number of hydrogen-bond donors (Lipinski definition) is 3. The summed E-state index contributed by atoms with van der Waals surface area (Å²) in [6.45, 7) is 1.85. The molecule has 1 saturated heterocycles. The fraction of sp³-hybridized carbons (Fsp3) is 0.333. The van der Waals surface area contributed by atoms with Gasteiger partial charge in [0.25, 0.3) is 0 Å². The number of ether oxygens (including phenoxy) is 3. The summed E-state index contributed by atoms with van der Waals surface area (Å²) in [6, 6.07) is 15.2. The van der Waals surface area contributed by atoms with Gasteiger partial charge in [0.2, 0.25) is 11.7 Å². The molecule has 4 aromatic rings. The van der Waals surface area contributed by atoms with Crippen molar-refractivity contribution in [3.63, 3.8) is 0 Å². The maximum atomic E-state index is 12.7. The van der Waals surface area contributed by atoms with E-state index in [0.29, 0.717) is 29.6 Å². The summed E-state index contributed by atoms with van der Waals surface area (Å²) >= 11 is 0. The van der Waals surface area contributed by atoms with Gasteiger partial charge in [-0.3, -0.25) is 4.79 Å². The standard InChI is InChI=1S/C27H31N7O4/c1-36-21-14-18(15-22(37-2)26(21)38-3)29-23-8-9-25(33-32-23)34-12-10-17(11-13-34)27(35)28-16-24-30-19-6-4-5-7-20(19)31-24/h4-9,14-15,17H,10-13,16H2,1-3H3,(H,28,35)(H,29,32)(H,30,31). The van der Waals surface area contributed by atoms with Crippen molar-refractivity contribution in [3.8, 4) is 17.2 Å². The Morgan fingerprint density at radius 2 is 1.74 bits per heavy atom. The second-order valence-corrected chi connectivity index (χ2v) is 9.00. The van der Waals surface area contributed by atoms with Crippen LogP contribution in [0, 0.1) is 5.92 Å². The number of rotatable bonds is 9. The molecule has 0 aliphatic carbocycles. The fourth-order valence-electron chi connectivity index (χ4n) is 4.64. The first-order valence-corrected chi connectivity index (χ1v) is 12.4. The summed E-state index contributed by atoms with van der Waals surface area (Å²) < 4.78 is 16.2. The van der Waals surface area contributed by atoms with Crippen LogP contribution in [0.2, 0.25) is 0 Å². The van der Waals surface area contributed by atoms with E-state index in [9.17, 15) is 4.79 Å². The third kappa shape index (κ3) is 5.41. The molecule has 2 aromatic carbocycles. The van der Waals surface area contributed by atoms with E-state index >= 15 is 0 Å². The van der Waals surface area contributed by atoms with E-state index in [-0.39, 0.29) is 11.8 Å². The molecule has 0 spiro atoms. The van der Waals surface area contributed by atoms with Crippen LogP contribution in [-0.2, 0) is 11.3 Å². The maximum Gasteiger partial charge on any atom is 0.223 e. The van der Waals surface area contributed by atoms with Crippen LogP contribution in [-0.4, -0.2) is 60.5 Å². The number of piperidine rings is 1. The van der Waals surface area contributed by atoms with E-state index in [1.165, 1.54) is 0 Å². The molecule has 0 bridgehead atoms. The number of amides is 1. The Labute approximate surface area is 220 Å². The lowest BCUT2D eigenvalue weighted by atomic mass is 9.96. The second kappa shape index (κ2) is 11.2. The largest absolute Gasteiger partial charge is 0.493 e. The Morgan fingerprint density at radius 3 is 2.37 bits per heavy atom. The molecule has 3 heterocycles. The molecular weight excluding hydrogens is 486 g/mol. The number of nitrogens with zero attached hydrogens (tertiary/aromatic N) is 4. The van der Waals surface area contributed by atoms with Gasteiger partial charge in [0, 0.05) is 36.8 Å². The Hall–Kier alpha value is -4.54. The minimum Gasteiger partial charge on any atom is -0.493 e. The van der Waals surface area contributed by atoms with Gasteiger partial charge in [0.1, 0.15) is 5.82 Å². The average molecular weight is 518 g/mol. The summed E-state index contributed by atoms with van der Waals surface area (Å²) in [4.78, 5) is 22.7. The number of methoxy groups -OCH3 is 3. The molecule has 198 valence electrons. The highest BCUT2D eigenvalue weighted by Gasteiger charge is 2.26. The molecule has 0 saturated carbocycles. The molecule has 11 nitrogen and oxygen atoms in total. The zero-order chi connectivity index (χ0) is 26.5. The van der Waals surface area contributed by atoms with Crippen molar-refractivity contribution in [2.75, 3.05) is 44.6 Å². The van der Waals surface area contributed by atoms with Gasteiger partial charge < -0.3 is 34.7 Å². The number of nitrogens with one attached hydrogen (secondary N) is 3. The highest BCUT2D eigenvalue weighted by molar-refractivity contribution is 5.79. The third-order valence-electron chi connectivity index (χ3n) is 6.65. The van der Waals surface area contributed by atoms with Crippen LogP contribution < -0.4 is 29.7 Å². The molecule has 0 atom stereocenters. The average Bonchev–Trinajstić information content (AvgIpc) is 3.39. The van der Waals surface area contributed by atoms with Crippen LogP contribution in [0.4, 0.5) is 17.3 Å². The lowest BCUT2D eigenvalue weighted by molar-refractivity contribution is -0.125. The smallest absolute Gasteiger partial charge is 0.223 e. The number of carbonyl (C=O) groups is 1. The SMILES string of the molecule is COc1cc(Nc2ccc(N3CCC(C(=O)NCc4nc5ccccc5[nH]4)CC3)nn2)cc(OC)c1OC. The Kier molecular flexibility index (Phi) is 7.43. The summed E-state index contributed by atoms with van der Waals surface area (Å²) in [5.74, 6) is 3.75. The molecule has 5 rings (SSSR count). The van der Waals surface area contributed by atoms with Crippen LogP contribution in [0.3, 0.4) is 0 Å². The van der Waals surface area contributed by atoms with Gasteiger partial charge in [-0.1, -0.05) is 12.1 Å². The van der Waals surface area contributed by atoms with Crippen molar-refractivity contribution < 1.29 is 19.0 Å². The number of carbonyl (C=O) groups excluding carboxylic acids is 1. The number of para-hydroxylation sites is 2. The minimum atomic E-state index is -0.0374. The van der Waals surface area contributed by atoms with Crippen molar-refractivity contribution in [2.24, 2.45) is 5.92 Å². The van der Waals surface area contributed by atoms with E-state index in [4.69, 9.17) is 14.2 Å². The molecule has 1 fully saturated rings. The van der Waals surface area contributed by atoms with Gasteiger partial charge in [0.15, 0.2) is 23.1 Å². The van der Waals surface area contributed by atoms with Crippen molar-refractivity contribution in [1.82, 2.24) is 25.5 Å². The molecule has 2 aromatic heterocycles. The lowest BCUT2D eigenvalue weighted by Gasteiger charge is -2.31. The highest BCUT2D eigenvalue weighted by atomic mass is 16.5. The number of H-pyrrole nitrogens is 1. The monoisotopic (exact) mass is 517 g/mol. The van der Waals surface area contributed by atoms with E-state index in [1.807, 2.05) is 36.4 Å². The van der Waals surface area contributed by atoms with Crippen molar-refractivity contribution in [1.29, 1.82) is 0 Å². The molecule has 1 amide bonds. The quantitative estimate of drug-likeness (QED) is 0.305. The van der Waals surface area contributed by atoms with Gasteiger partial charge >= 0.3 is 0 Å². The van der Waals surface area contributed by atoms with Gasteiger partial charge in [-0.05, 0) is 37.1 Å². The van der Waals surface area contributed by atoms with E-state index in [0.717, 1.165) is 54.3 Å². The first kappa shape index (κ1) is 25.1. The normalized spacial score (nSPS) is 13.8. The lowest BCUT2D eigenvalue weighted by Crippen LogP contribution is -2.40. The molecule has 0 radical (unpaired) electrons. The van der Waals surface area contributed by atoms with E-state index in [2.05, 4.69) is 35.7 Å². The molecule has 1 aliphatic rings. The number of aromatic amines is 1. The second-order valence-electron chi connectivity index (χ2n) is 9.00. The van der Waals surface area contributed by atoms with Crippen molar-refractivity contribution >= 4 is 34.3 Å². The first-order valence-electron chi connectivity index (χ1n) is 12.4. The van der Waals surface area contributed by atoms with Gasteiger partial charge in [-0.25, -0.2) is 4.98 Å². The number of anilines is 3.